The van der Waals surface area contributed by atoms with Crippen LogP contribution in [0.2, 0.25) is 5.02 Å². The number of likely N-dealkylation sites (tertiary alicyclic amines) is 1. The molecule has 2 atom stereocenters. The average molecular weight is 319 g/mol. The van der Waals surface area contributed by atoms with Gasteiger partial charge in [-0.1, -0.05) is 17.7 Å². The molecule has 1 aliphatic heterocycles. The van der Waals surface area contributed by atoms with Gasteiger partial charge in [-0.2, -0.15) is 0 Å². The predicted molar refractivity (Wildman–Crippen MR) is 86.9 cm³/mol. The van der Waals surface area contributed by atoms with Crippen molar-refractivity contribution in [3.63, 3.8) is 0 Å². The summed E-state index contributed by atoms with van der Waals surface area (Å²) < 4.78 is 5.41. The van der Waals surface area contributed by atoms with Crippen molar-refractivity contribution >= 4 is 24.0 Å². The number of benzene rings is 1. The summed E-state index contributed by atoms with van der Waals surface area (Å²) in [5.41, 5.74) is 7.11. The molecule has 0 spiro atoms. The first-order valence-electron chi connectivity index (χ1n) is 6.91. The zero-order valence-corrected chi connectivity index (χ0v) is 13.7. The average Bonchev–Trinajstić information content (AvgIpc) is 2.41. The summed E-state index contributed by atoms with van der Waals surface area (Å²) in [4.78, 5) is 2.43. The van der Waals surface area contributed by atoms with Crippen LogP contribution in [0.5, 0.6) is 5.75 Å². The molecule has 0 bridgehead atoms. The van der Waals surface area contributed by atoms with Gasteiger partial charge in [0.25, 0.3) is 0 Å². The number of hydrogen-bond donors (Lipinski definition) is 1. The maximum atomic E-state index is 6.29. The van der Waals surface area contributed by atoms with Gasteiger partial charge >= 0.3 is 0 Å². The first kappa shape index (κ1) is 17.6. The van der Waals surface area contributed by atoms with Crippen LogP contribution in [-0.2, 0) is 6.54 Å². The van der Waals surface area contributed by atoms with E-state index < -0.39 is 0 Å². The van der Waals surface area contributed by atoms with Gasteiger partial charge < -0.3 is 10.5 Å². The van der Waals surface area contributed by atoms with Crippen LogP contribution in [0.15, 0.2) is 18.2 Å². The smallest absolute Gasteiger partial charge is 0.124 e. The van der Waals surface area contributed by atoms with Crippen molar-refractivity contribution in [2.24, 2.45) is 11.7 Å². The highest BCUT2D eigenvalue weighted by atomic mass is 35.5. The van der Waals surface area contributed by atoms with E-state index in [4.69, 9.17) is 22.1 Å². The van der Waals surface area contributed by atoms with E-state index in [9.17, 15) is 0 Å². The molecular weight excluding hydrogens is 295 g/mol. The van der Waals surface area contributed by atoms with Gasteiger partial charge in [0.1, 0.15) is 5.75 Å². The molecule has 114 valence electrons. The first-order valence-corrected chi connectivity index (χ1v) is 7.29. The SMILES string of the molecule is COc1cccc(Cl)c1CN1CCCC(C(C)N)C1.Cl. The predicted octanol–water partition coefficient (Wildman–Crippen LogP) is 3.33. The molecule has 1 fully saturated rings. The van der Waals surface area contributed by atoms with Crippen LogP contribution in [-0.4, -0.2) is 31.1 Å². The van der Waals surface area contributed by atoms with Gasteiger partial charge in [0.15, 0.2) is 0 Å². The maximum Gasteiger partial charge on any atom is 0.124 e. The van der Waals surface area contributed by atoms with Crippen LogP contribution >= 0.6 is 24.0 Å². The highest BCUT2D eigenvalue weighted by molar-refractivity contribution is 6.31. The summed E-state index contributed by atoms with van der Waals surface area (Å²) in [6, 6.07) is 6.07. The lowest BCUT2D eigenvalue weighted by Crippen LogP contribution is -2.42. The van der Waals surface area contributed by atoms with Crippen molar-refractivity contribution in [1.29, 1.82) is 0 Å². The van der Waals surface area contributed by atoms with Crippen LogP contribution < -0.4 is 10.5 Å². The van der Waals surface area contributed by atoms with Crippen LogP contribution in [0.4, 0.5) is 0 Å². The molecule has 1 aliphatic rings. The van der Waals surface area contributed by atoms with Crippen molar-refractivity contribution < 1.29 is 4.74 Å². The van der Waals surface area contributed by atoms with Crippen molar-refractivity contribution in [2.45, 2.75) is 32.4 Å². The lowest BCUT2D eigenvalue weighted by molar-refractivity contribution is 0.153. The summed E-state index contributed by atoms with van der Waals surface area (Å²) in [5, 5.41) is 0.780. The van der Waals surface area contributed by atoms with Crippen LogP contribution in [0.3, 0.4) is 0 Å². The third kappa shape index (κ3) is 4.26. The molecule has 2 N–H and O–H groups in total. The number of rotatable bonds is 4. The van der Waals surface area contributed by atoms with Crippen molar-refractivity contribution in [3.8, 4) is 5.75 Å². The van der Waals surface area contributed by atoms with Crippen LogP contribution in [0.25, 0.3) is 0 Å². The molecule has 0 aromatic heterocycles. The lowest BCUT2D eigenvalue weighted by atomic mass is 9.92. The van der Waals surface area contributed by atoms with Gasteiger partial charge in [-0.05, 0) is 44.4 Å². The van der Waals surface area contributed by atoms with Crippen molar-refractivity contribution in [2.75, 3.05) is 20.2 Å². The molecule has 0 aliphatic carbocycles. The van der Waals surface area contributed by atoms with E-state index in [2.05, 4.69) is 11.8 Å². The molecule has 5 heteroatoms. The van der Waals surface area contributed by atoms with E-state index in [1.54, 1.807) is 7.11 Å². The molecule has 1 heterocycles. The number of nitrogens with two attached hydrogens (primary N) is 1. The Morgan fingerprint density at radius 2 is 2.25 bits per heavy atom. The van der Waals surface area contributed by atoms with E-state index in [0.29, 0.717) is 5.92 Å². The second kappa shape index (κ2) is 8.08. The van der Waals surface area contributed by atoms with Gasteiger partial charge in [0.05, 0.1) is 7.11 Å². The molecular formula is C15H24Cl2N2O. The molecule has 0 saturated carbocycles. The molecule has 2 unspecified atom stereocenters. The van der Waals surface area contributed by atoms with E-state index in [-0.39, 0.29) is 18.4 Å². The van der Waals surface area contributed by atoms with E-state index in [0.717, 1.165) is 36.0 Å². The first-order chi connectivity index (χ1) is 9.11. The fourth-order valence-electron chi connectivity index (χ4n) is 2.77. The Labute approximate surface area is 132 Å². The normalized spacial score (nSPS) is 21.1. The quantitative estimate of drug-likeness (QED) is 0.925. The number of halogens is 2. The Morgan fingerprint density at radius 3 is 2.90 bits per heavy atom. The fourth-order valence-corrected chi connectivity index (χ4v) is 3.00. The van der Waals surface area contributed by atoms with Gasteiger partial charge in [0.2, 0.25) is 0 Å². The largest absolute Gasteiger partial charge is 0.496 e. The summed E-state index contributed by atoms with van der Waals surface area (Å²) in [6.45, 7) is 5.10. The topological polar surface area (TPSA) is 38.5 Å². The third-order valence-electron chi connectivity index (χ3n) is 3.96. The van der Waals surface area contributed by atoms with E-state index in [1.807, 2.05) is 18.2 Å². The Morgan fingerprint density at radius 1 is 1.50 bits per heavy atom. The maximum absolute atomic E-state index is 6.29. The number of hydrogen-bond acceptors (Lipinski definition) is 3. The molecule has 0 radical (unpaired) electrons. The molecule has 20 heavy (non-hydrogen) atoms. The van der Waals surface area contributed by atoms with Crippen molar-refractivity contribution in [3.05, 3.63) is 28.8 Å². The van der Waals surface area contributed by atoms with Crippen molar-refractivity contribution in [1.82, 2.24) is 4.90 Å². The molecule has 1 aromatic rings. The summed E-state index contributed by atoms with van der Waals surface area (Å²) in [5.74, 6) is 1.46. The molecule has 0 amide bonds. The zero-order chi connectivity index (χ0) is 13.8. The molecule has 2 rings (SSSR count). The zero-order valence-electron chi connectivity index (χ0n) is 12.1. The third-order valence-corrected chi connectivity index (χ3v) is 4.32. The Kier molecular flexibility index (Phi) is 7.10. The van der Waals surface area contributed by atoms with E-state index in [1.165, 1.54) is 12.8 Å². The lowest BCUT2D eigenvalue weighted by Gasteiger charge is -2.35. The molecule has 3 nitrogen and oxygen atoms in total. The highest BCUT2D eigenvalue weighted by Gasteiger charge is 2.23. The number of piperidine rings is 1. The second-order valence-electron chi connectivity index (χ2n) is 5.42. The second-order valence-corrected chi connectivity index (χ2v) is 5.82. The Hall–Kier alpha value is -0.480. The number of nitrogens with zero attached hydrogens (tertiary/aromatic N) is 1. The summed E-state index contributed by atoms with van der Waals surface area (Å²) in [6.07, 6.45) is 2.44. The Balaban J connectivity index is 0.00000200. The Bertz CT molecular complexity index is 426. The minimum Gasteiger partial charge on any atom is -0.496 e. The number of ether oxygens (including phenoxy) is 1. The molecule has 1 aromatic carbocycles. The standard InChI is InChI=1S/C15H23ClN2O.ClH/c1-11(17)12-5-4-8-18(9-12)10-13-14(16)6-3-7-15(13)19-2;/h3,6-7,11-12H,4-5,8-10,17H2,1-2H3;1H. The van der Waals surface area contributed by atoms with Gasteiger partial charge in [-0.15, -0.1) is 12.4 Å². The minimum atomic E-state index is 0. The van der Waals surface area contributed by atoms with Crippen LogP contribution in [0, 0.1) is 5.92 Å². The highest BCUT2D eigenvalue weighted by Crippen LogP contribution is 2.29. The minimum absolute atomic E-state index is 0. The summed E-state index contributed by atoms with van der Waals surface area (Å²) >= 11 is 6.29. The number of methoxy groups -OCH3 is 1. The van der Waals surface area contributed by atoms with Crippen LogP contribution in [0.1, 0.15) is 25.3 Å². The van der Waals surface area contributed by atoms with Gasteiger partial charge in [-0.25, -0.2) is 0 Å². The van der Waals surface area contributed by atoms with Gasteiger partial charge in [0, 0.05) is 29.7 Å². The van der Waals surface area contributed by atoms with E-state index >= 15 is 0 Å². The van der Waals surface area contributed by atoms with Gasteiger partial charge in [-0.3, -0.25) is 4.90 Å². The monoisotopic (exact) mass is 318 g/mol. The summed E-state index contributed by atoms with van der Waals surface area (Å²) in [7, 11) is 1.69. The molecule has 1 saturated heterocycles. The fraction of sp³-hybridized carbons (Fsp3) is 0.600.